The molecule has 4 atom stereocenters. The van der Waals surface area contributed by atoms with Crippen LogP contribution in [0.2, 0.25) is 0 Å². The predicted octanol–water partition coefficient (Wildman–Crippen LogP) is 6.28. The summed E-state index contributed by atoms with van der Waals surface area (Å²) in [5.41, 5.74) is 0.679. The quantitative estimate of drug-likeness (QED) is 0.275. The van der Waals surface area contributed by atoms with Crippen molar-refractivity contribution in [1.82, 2.24) is 20.2 Å². The number of hydrogen-bond donors (Lipinski definition) is 1. The molecule has 1 aliphatic heterocycles. The Morgan fingerprint density at radius 2 is 1.60 bits per heavy atom. The molecule has 2 aromatic carbocycles. The summed E-state index contributed by atoms with van der Waals surface area (Å²) in [5, 5.41) is 11.0. The second-order valence-corrected chi connectivity index (χ2v) is 12.6. The number of tetrazole rings is 1. The van der Waals surface area contributed by atoms with E-state index in [1.165, 1.54) is 6.26 Å². The highest BCUT2D eigenvalue weighted by atomic mass is 32.2. The molecule has 0 fully saturated rings. The average Bonchev–Trinajstić information content (AvgIpc) is 3.43. The Hall–Kier alpha value is -3.74. The number of carbonyl (C=O) groups is 1. The van der Waals surface area contributed by atoms with Gasteiger partial charge in [-0.3, -0.25) is 9.11 Å². The number of nitrogens with two attached hydrogens (primary N) is 1. The first-order valence-electron chi connectivity index (χ1n) is 14.0. The van der Waals surface area contributed by atoms with Crippen LogP contribution in [0.3, 0.4) is 0 Å². The minimum absolute atomic E-state index is 0.0128. The molecule has 258 valence electrons. The van der Waals surface area contributed by atoms with Gasteiger partial charge in [-0.2, -0.15) is 44.3 Å². The second-order valence-electron chi connectivity index (χ2n) is 11.0. The minimum atomic E-state index is -5.08. The molecule has 4 rings (SSSR count). The summed E-state index contributed by atoms with van der Waals surface area (Å²) in [6.07, 6.45) is -15.1. The molecule has 2 heterocycles. The number of ether oxygens (including phenoxy) is 1. The summed E-state index contributed by atoms with van der Waals surface area (Å²) >= 11 is 0. The summed E-state index contributed by atoms with van der Waals surface area (Å²) in [6.45, 7) is 2.78. The fourth-order valence-electron chi connectivity index (χ4n) is 5.35. The highest BCUT2D eigenvalue weighted by Crippen LogP contribution is 2.47. The van der Waals surface area contributed by atoms with Crippen molar-refractivity contribution >= 4 is 22.6 Å². The summed E-state index contributed by atoms with van der Waals surface area (Å²) in [5.74, 6) is -1.17. The third kappa shape index (κ3) is 7.88. The SMILES string of the molecule is CCOC(=O)N1c2ccc(C(F)(F)F)cc2[C@@H](c2nnn(CC(Cc3cc(C(F)(F)F)cc(C(F)(F)F)c3)S(C)=O)n2)C[C@@]1(N)CC. The van der Waals surface area contributed by atoms with Crippen molar-refractivity contribution in [3.8, 4) is 0 Å². The van der Waals surface area contributed by atoms with Crippen LogP contribution < -0.4 is 10.6 Å². The number of fused-ring (bicyclic) bond motifs is 1. The number of amides is 1. The molecule has 0 bridgehead atoms. The van der Waals surface area contributed by atoms with Gasteiger partial charge in [0.25, 0.3) is 0 Å². The zero-order valence-corrected chi connectivity index (χ0v) is 25.8. The number of carbonyl (C=O) groups excluding carboxylic acids is 1. The maximum absolute atomic E-state index is 13.7. The number of rotatable bonds is 8. The molecule has 3 aromatic rings. The molecule has 1 amide bonds. The Balaban J connectivity index is 1.72. The highest BCUT2D eigenvalue weighted by Gasteiger charge is 2.47. The van der Waals surface area contributed by atoms with Gasteiger partial charge in [0.1, 0.15) is 5.66 Å². The number of aromatic nitrogens is 4. The largest absolute Gasteiger partial charge is 0.449 e. The number of hydrogen-bond acceptors (Lipinski definition) is 7. The van der Waals surface area contributed by atoms with Gasteiger partial charge < -0.3 is 10.5 Å². The first kappa shape index (κ1) is 36.1. The van der Waals surface area contributed by atoms with Crippen LogP contribution in [0.15, 0.2) is 36.4 Å². The summed E-state index contributed by atoms with van der Waals surface area (Å²) < 4.78 is 139. The van der Waals surface area contributed by atoms with Crippen LogP contribution in [0, 0.1) is 0 Å². The van der Waals surface area contributed by atoms with E-state index in [0.29, 0.717) is 12.1 Å². The topological polar surface area (TPSA) is 116 Å². The molecule has 1 aromatic heterocycles. The predicted molar refractivity (Wildman–Crippen MR) is 150 cm³/mol. The third-order valence-electron chi connectivity index (χ3n) is 7.76. The van der Waals surface area contributed by atoms with E-state index >= 15 is 0 Å². The van der Waals surface area contributed by atoms with Gasteiger partial charge in [0.15, 0.2) is 5.82 Å². The lowest BCUT2D eigenvalue weighted by atomic mass is 9.80. The molecule has 0 saturated heterocycles. The summed E-state index contributed by atoms with van der Waals surface area (Å²) in [4.78, 5) is 14.9. The molecular formula is C28H29F9N6O3S. The van der Waals surface area contributed by atoms with Crippen LogP contribution in [-0.2, 0) is 47.0 Å². The van der Waals surface area contributed by atoms with E-state index in [-0.39, 0.29) is 54.7 Å². The van der Waals surface area contributed by atoms with Gasteiger partial charge in [-0.05, 0) is 78.9 Å². The molecule has 2 unspecified atom stereocenters. The van der Waals surface area contributed by atoms with E-state index in [4.69, 9.17) is 10.5 Å². The first-order valence-corrected chi connectivity index (χ1v) is 15.6. The molecule has 9 nitrogen and oxygen atoms in total. The lowest BCUT2D eigenvalue weighted by Crippen LogP contribution is -2.61. The molecule has 0 radical (unpaired) electrons. The van der Waals surface area contributed by atoms with Crippen LogP contribution in [0.25, 0.3) is 0 Å². The molecule has 2 N–H and O–H groups in total. The standard InChI is InChI=1S/C28H29F9N6O3S/c1-4-25(38)13-21(20-12-16(26(29,30)31)6-7-22(20)43(25)24(44)46-5-2)23-39-41-42(40-23)14-19(47(3)45)10-15-8-17(27(32,33)34)11-18(9-15)28(35,36)37/h6-9,11-12,19,21H,4-5,10,13-14,38H2,1-3H3/t19?,21-,25+,47?/m0/s1. The van der Waals surface area contributed by atoms with E-state index in [9.17, 15) is 48.5 Å². The van der Waals surface area contributed by atoms with Gasteiger partial charge >= 0.3 is 24.6 Å². The van der Waals surface area contributed by atoms with Crippen molar-refractivity contribution in [1.29, 1.82) is 0 Å². The number of anilines is 1. The Labute approximate surface area is 264 Å². The van der Waals surface area contributed by atoms with Gasteiger partial charge in [0.2, 0.25) is 0 Å². The van der Waals surface area contributed by atoms with E-state index in [0.717, 1.165) is 27.9 Å². The van der Waals surface area contributed by atoms with Gasteiger partial charge in [-0.15, -0.1) is 10.2 Å². The third-order valence-corrected chi connectivity index (χ3v) is 9.02. The van der Waals surface area contributed by atoms with E-state index in [2.05, 4.69) is 15.4 Å². The summed E-state index contributed by atoms with van der Waals surface area (Å²) in [6, 6.07) is 3.75. The minimum Gasteiger partial charge on any atom is -0.449 e. The fraction of sp³-hybridized carbons (Fsp3) is 0.500. The zero-order chi connectivity index (χ0) is 35.1. The second kappa shape index (κ2) is 13.0. The monoisotopic (exact) mass is 700 g/mol. The fourth-order valence-corrected chi connectivity index (χ4v) is 6.12. The Morgan fingerprint density at radius 1 is 1.00 bits per heavy atom. The maximum atomic E-state index is 13.7. The first-order chi connectivity index (χ1) is 21.7. The van der Waals surface area contributed by atoms with E-state index in [1.54, 1.807) is 13.8 Å². The Morgan fingerprint density at radius 3 is 2.11 bits per heavy atom. The molecule has 0 aliphatic carbocycles. The smallest absolute Gasteiger partial charge is 0.416 e. The van der Waals surface area contributed by atoms with Crippen molar-refractivity contribution in [3.05, 3.63) is 70.0 Å². The van der Waals surface area contributed by atoms with Crippen LogP contribution in [0.1, 0.15) is 66.2 Å². The molecule has 1 aliphatic rings. The highest BCUT2D eigenvalue weighted by molar-refractivity contribution is 7.84. The van der Waals surface area contributed by atoms with Crippen molar-refractivity contribution in [2.24, 2.45) is 5.73 Å². The van der Waals surface area contributed by atoms with Crippen molar-refractivity contribution < 1.29 is 53.3 Å². The Kier molecular flexibility index (Phi) is 10.0. The van der Waals surface area contributed by atoms with Crippen molar-refractivity contribution in [3.63, 3.8) is 0 Å². The van der Waals surface area contributed by atoms with Crippen molar-refractivity contribution in [2.75, 3.05) is 17.8 Å². The van der Waals surface area contributed by atoms with Gasteiger partial charge in [0, 0.05) is 17.1 Å². The lowest BCUT2D eigenvalue weighted by Gasteiger charge is -2.46. The van der Waals surface area contributed by atoms with E-state index in [1.807, 2.05) is 0 Å². The van der Waals surface area contributed by atoms with Crippen LogP contribution >= 0.6 is 0 Å². The molecule has 0 spiro atoms. The van der Waals surface area contributed by atoms with Gasteiger partial charge in [-0.1, -0.05) is 6.92 Å². The average molecular weight is 701 g/mol. The normalized spacial score (nSPS) is 20.1. The van der Waals surface area contributed by atoms with Crippen LogP contribution in [-0.4, -0.2) is 54.3 Å². The van der Waals surface area contributed by atoms with Crippen LogP contribution in [0.5, 0.6) is 0 Å². The van der Waals surface area contributed by atoms with Gasteiger partial charge in [-0.25, -0.2) is 4.79 Å². The maximum Gasteiger partial charge on any atom is 0.416 e. The van der Waals surface area contributed by atoms with Gasteiger partial charge in [0.05, 0.1) is 46.7 Å². The lowest BCUT2D eigenvalue weighted by molar-refractivity contribution is -0.143. The number of benzene rings is 2. The molecule has 47 heavy (non-hydrogen) atoms. The number of alkyl halides is 9. The van der Waals surface area contributed by atoms with Crippen LogP contribution in [0.4, 0.5) is 50.0 Å². The van der Waals surface area contributed by atoms with E-state index < -0.39 is 75.4 Å². The molecular weight excluding hydrogens is 671 g/mol. The molecule has 0 saturated carbocycles. The number of halogens is 9. The zero-order valence-electron chi connectivity index (χ0n) is 25.0. The van der Waals surface area contributed by atoms with Crippen molar-refractivity contribution in [2.45, 2.75) is 75.0 Å². The summed E-state index contributed by atoms with van der Waals surface area (Å²) in [7, 11) is -1.82. The Bertz CT molecular complexity index is 1610. The number of nitrogens with zero attached hydrogens (tertiary/aromatic N) is 5. The molecule has 19 heteroatoms.